The van der Waals surface area contributed by atoms with E-state index in [1.807, 2.05) is 28.8 Å². The van der Waals surface area contributed by atoms with E-state index >= 15 is 0 Å². The van der Waals surface area contributed by atoms with Gasteiger partial charge >= 0.3 is 5.97 Å². The number of esters is 1. The highest BCUT2D eigenvalue weighted by molar-refractivity contribution is 6.22. The molecular weight excluding hydrogens is 334 g/mol. The minimum Gasteiger partial charge on any atom is -0.467 e. The standard InChI is InChI=1S/C19H15N3O4/c1-26-19(25)15(10-12-11-21-9-5-4-8-16(21)20-12)22-17(23)13-6-2-3-7-14(13)18(22)24/h2-9,11,15H,10H2,1H3/t15-/m0/s1. The maximum atomic E-state index is 12.7. The van der Waals surface area contributed by atoms with Gasteiger partial charge in [0.05, 0.1) is 23.9 Å². The van der Waals surface area contributed by atoms with Crippen molar-refractivity contribution in [3.05, 3.63) is 71.7 Å². The number of nitrogens with zero attached hydrogens (tertiary/aromatic N) is 3. The van der Waals surface area contributed by atoms with Crippen molar-refractivity contribution in [2.45, 2.75) is 12.5 Å². The van der Waals surface area contributed by atoms with Crippen LogP contribution in [0.2, 0.25) is 0 Å². The van der Waals surface area contributed by atoms with E-state index in [2.05, 4.69) is 4.98 Å². The zero-order valence-corrected chi connectivity index (χ0v) is 14.0. The second kappa shape index (κ2) is 6.11. The number of hydrogen-bond donors (Lipinski definition) is 0. The molecule has 1 aliphatic rings. The van der Waals surface area contributed by atoms with Crippen molar-refractivity contribution in [1.29, 1.82) is 0 Å². The lowest BCUT2D eigenvalue weighted by molar-refractivity contribution is -0.145. The van der Waals surface area contributed by atoms with Gasteiger partial charge in [0.25, 0.3) is 11.8 Å². The second-order valence-electron chi connectivity index (χ2n) is 5.97. The number of imide groups is 1. The molecule has 1 aliphatic heterocycles. The van der Waals surface area contributed by atoms with Crippen LogP contribution in [0.25, 0.3) is 5.65 Å². The van der Waals surface area contributed by atoms with Gasteiger partial charge in [-0.3, -0.25) is 14.5 Å². The third-order valence-corrected chi connectivity index (χ3v) is 4.43. The summed E-state index contributed by atoms with van der Waals surface area (Å²) >= 11 is 0. The minimum atomic E-state index is -1.07. The van der Waals surface area contributed by atoms with Crippen molar-refractivity contribution in [3.63, 3.8) is 0 Å². The number of pyridine rings is 1. The molecule has 0 radical (unpaired) electrons. The quantitative estimate of drug-likeness (QED) is 0.529. The molecule has 4 rings (SSSR count). The van der Waals surface area contributed by atoms with Gasteiger partial charge in [0, 0.05) is 18.8 Å². The van der Waals surface area contributed by atoms with Crippen LogP contribution in [0.5, 0.6) is 0 Å². The lowest BCUT2D eigenvalue weighted by atomic mass is 10.1. The Morgan fingerprint density at radius 3 is 2.35 bits per heavy atom. The summed E-state index contributed by atoms with van der Waals surface area (Å²) in [7, 11) is 1.23. The lowest BCUT2D eigenvalue weighted by Gasteiger charge is -2.23. The van der Waals surface area contributed by atoms with Crippen molar-refractivity contribution in [2.24, 2.45) is 0 Å². The Morgan fingerprint density at radius 1 is 1.08 bits per heavy atom. The molecule has 130 valence electrons. The number of carbonyl (C=O) groups is 3. The first-order valence-electron chi connectivity index (χ1n) is 8.07. The van der Waals surface area contributed by atoms with Crippen molar-refractivity contribution < 1.29 is 19.1 Å². The average Bonchev–Trinajstić information content (AvgIpc) is 3.18. The van der Waals surface area contributed by atoms with E-state index in [0.29, 0.717) is 22.5 Å². The molecule has 0 spiro atoms. The molecule has 0 unspecified atom stereocenters. The summed E-state index contributed by atoms with van der Waals surface area (Å²) in [6, 6.07) is 11.0. The van der Waals surface area contributed by atoms with Crippen molar-refractivity contribution in [2.75, 3.05) is 7.11 Å². The molecule has 2 aromatic heterocycles. The van der Waals surface area contributed by atoms with Crippen LogP contribution in [0, 0.1) is 0 Å². The summed E-state index contributed by atoms with van der Waals surface area (Å²) in [5, 5.41) is 0. The second-order valence-corrected chi connectivity index (χ2v) is 5.97. The van der Waals surface area contributed by atoms with Crippen molar-refractivity contribution in [3.8, 4) is 0 Å². The van der Waals surface area contributed by atoms with Gasteiger partial charge in [-0.1, -0.05) is 18.2 Å². The predicted molar refractivity (Wildman–Crippen MR) is 91.6 cm³/mol. The van der Waals surface area contributed by atoms with E-state index in [1.165, 1.54) is 7.11 Å². The van der Waals surface area contributed by atoms with Crippen LogP contribution in [-0.4, -0.2) is 45.2 Å². The molecule has 1 atom stereocenters. The van der Waals surface area contributed by atoms with E-state index in [-0.39, 0.29) is 6.42 Å². The molecule has 0 bridgehead atoms. The maximum Gasteiger partial charge on any atom is 0.329 e. The first-order chi connectivity index (χ1) is 12.6. The van der Waals surface area contributed by atoms with Crippen LogP contribution in [0.3, 0.4) is 0 Å². The van der Waals surface area contributed by atoms with E-state index < -0.39 is 23.8 Å². The van der Waals surface area contributed by atoms with Crippen LogP contribution in [0.1, 0.15) is 26.4 Å². The maximum absolute atomic E-state index is 12.7. The average molecular weight is 349 g/mol. The number of imidazole rings is 1. The van der Waals surface area contributed by atoms with Gasteiger partial charge in [0.15, 0.2) is 0 Å². The molecule has 1 aromatic carbocycles. The molecule has 3 heterocycles. The third-order valence-electron chi connectivity index (χ3n) is 4.43. The van der Waals surface area contributed by atoms with Crippen LogP contribution in [-0.2, 0) is 16.0 Å². The smallest absolute Gasteiger partial charge is 0.329 e. The summed E-state index contributed by atoms with van der Waals surface area (Å²) < 4.78 is 6.66. The molecule has 2 amide bonds. The zero-order chi connectivity index (χ0) is 18.3. The number of benzene rings is 1. The Hall–Kier alpha value is -3.48. The van der Waals surface area contributed by atoms with Gasteiger partial charge in [0.1, 0.15) is 11.7 Å². The molecule has 7 nitrogen and oxygen atoms in total. The topological polar surface area (TPSA) is 81.0 Å². The van der Waals surface area contributed by atoms with Gasteiger partial charge in [-0.15, -0.1) is 0 Å². The van der Waals surface area contributed by atoms with Crippen molar-refractivity contribution in [1.82, 2.24) is 14.3 Å². The Morgan fingerprint density at radius 2 is 1.73 bits per heavy atom. The Kier molecular flexibility index (Phi) is 3.76. The number of methoxy groups -OCH3 is 1. The van der Waals surface area contributed by atoms with E-state index in [0.717, 1.165) is 4.90 Å². The highest BCUT2D eigenvalue weighted by Crippen LogP contribution is 2.26. The molecule has 0 saturated heterocycles. The highest BCUT2D eigenvalue weighted by Gasteiger charge is 2.43. The summed E-state index contributed by atoms with van der Waals surface area (Å²) in [6.07, 6.45) is 3.68. The SMILES string of the molecule is COC(=O)[C@H](Cc1cn2ccccc2n1)N1C(=O)c2ccccc2C1=O. The Balaban J connectivity index is 1.71. The van der Waals surface area contributed by atoms with Gasteiger partial charge in [-0.05, 0) is 24.3 Å². The molecule has 0 fully saturated rings. The predicted octanol–water partition coefficient (Wildman–Crippen LogP) is 1.71. The molecule has 0 saturated carbocycles. The Labute approximate surface area is 148 Å². The van der Waals surface area contributed by atoms with Crippen LogP contribution >= 0.6 is 0 Å². The summed E-state index contributed by atoms with van der Waals surface area (Å²) in [6.45, 7) is 0. The molecular formula is C19H15N3O4. The van der Waals surface area contributed by atoms with Gasteiger partial charge < -0.3 is 9.14 Å². The van der Waals surface area contributed by atoms with Crippen molar-refractivity contribution >= 4 is 23.4 Å². The molecule has 3 aromatic rings. The summed E-state index contributed by atoms with van der Waals surface area (Å²) in [4.78, 5) is 43.2. The molecule has 7 heteroatoms. The van der Waals surface area contributed by atoms with Crippen LogP contribution < -0.4 is 0 Å². The largest absolute Gasteiger partial charge is 0.467 e. The Bertz CT molecular complexity index is 972. The monoisotopic (exact) mass is 349 g/mol. The molecule has 26 heavy (non-hydrogen) atoms. The first-order valence-corrected chi connectivity index (χ1v) is 8.07. The van der Waals surface area contributed by atoms with Gasteiger partial charge in [-0.2, -0.15) is 0 Å². The fourth-order valence-corrected chi connectivity index (χ4v) is 3.19. The van der Waals surface area contributed by atoms with Crippen LogP contribution in [0.4, 0.5) is 0 Å². The lowest BCUT2D eigenvalue weighted by Crippen LogP contribution is -2.46. The third kappa shape index (κ3) is 2.45. The molecule has 0 aliphatic carbocycles. The number of carbonyl (C=O) groups excluding carboxylic acids is 3. The highest BCUT2D eigenvalue weighted by atomic mass is 16.5. The van der Waals surface area contributed by atoms with Gasteiger partial charge in [0.2, 0.25) is 0 Å². The zero-order valence-electron chi connectivity index (χ0n) is 14.0. The summed E-state index contributed by atoms with van der Waals surface area (Å²) in [5.74, 6) is -1.65. The number of hydrogen-bond acceptors (Lipinski definition) is 5. The minimum absolute atomic E-state index is 0.0832. The van der Waals surface area contributed by atoms with Gasteiger partial charge in [-0.25, -0.2) is 9.78 Å². The molecule has 0 N–H and O–H groups in total. The number of amides is 2. The number of ether oxygens (including phenoxy) is 1. The normalized spacial score (nSPS) is 14.6. The van der Waals surface area contributed by atoms with E-state index in [1.54, 1.807) is 30.5 Å². The van der Waals surface area contributed by atoms with E-state index in [4.69, 9.17) is 4.74 Å². The summed E-state index contributed by atoms with van der Waals surface area (Å²) in [5.41, 5.74) is 1.89. The van der Waals surface area contributed by atoms with E-state index in [9.17, 15) is 14.4 Å². The fourth-order valence-electron chi connectivity index (χ4n) is 3.19. The fraction of sp³-hybridized carbons (Fsp3) is 0.158. The number of aromatic nitrogens is 2. The first kappa shape index (κ1) is 16.0. The van der Waals surface area contributed by atoms with Crippen LogP contribution in [0.15, 0.2) is 54.9 Å². The number of rotatable bonds is 4. The number of fused-ring (bicyclic) bond motifs is 2.